The van der Waals surface area contributed by atoms with Gasteiger partial charge in [-0.15, -0.1) is 0 Å². The molecular weight excluding hydrogens is 464 g/mol. The van der Waals surface area contributed by atoms with Gasteiger partial charge in [-0.25, -0.2) is 9.97 Å². The molecule has 9 heteroatoms. The maximum absolute atomic E-state index is 12.4. The fraction of sp³-hybridized carbons (Fsp3) is 0.357. The molecule has 1 fully saturated rings. The zero-order chi connectivity index (χ0) is 25.6. The van der Waals surface area contributed by atoms with Crippen molar-refractivity contribution in [2.75, 3.05) is 61.8 Å². The molecule has 3 aliphatic heterocycles. The van der Waals surface area contributed by atoms with Gasteiger partial charge in [-0.05, 0) is 41.9 Å². The van der Waals surface area contributed by atoms with Gasteiger partial charge in [0.15, 0.2) is 0 Å². The van der Waals surface area contributed by atoms with Gasteiger partial charge in [0, 0.05) is 80.0 Å². The lowest BCUT2D eigenvalue weighted by Crippen LogP contribution is -2.44. The molecule has 0 unspecified atom stereocenters. The number of hydrogen-bond acceptors (Lipinski definition) is 8. The first kappa shape index (κ1) is 23.4. The second kappa shape index (κ2) is 9.15. The highest BCUT2D eigenvalue weighted by Crippen LogP contribution is 2.36. The van der Waals surface area contributed by atoms with Crippen LogP contribution in [0, 0.1) is 0 Å². The summed E-state index contributed by atoms with van der Waals surface area (Å²) in [6.45, 7) is 9.61. The Morgan fingerprint density at radius 2 is 1.84 bits per heavy atom. The number of rotatable bonds is 4. The van der Waals surface area contributed by atoms with Crippen LogP contribution in [0.25, 0.3) is 5.57 Å². The van der Waals surface area contributed by atoms with Gasteiger partial charge in [-0.1, -0.05) is 26.0 Å². The predicted molar refractivity (Wildman–Crippen MR) is 147 cm³/mol. The quantitative estimate of drug-likeness (QED) is 0.507. The van der Waals surface area contributed by atoms with Gasteiger partial charge in [0.25, 0.3) is 5.91 Å². The van der Waals surface area contributed by atoms with E-state index in [1.165, 1.54) is 0 Å². The summed E-state index contributed by atoms with van der Waals surface area (Å²) in [6.07, 6.45) is 5.84. The Morgan fingerprint density at radius 3 is 2.68 bits per heavy atom. The average Bonchev–Trinajstić information content (AvgIpc) is 2.91. The lowest BCUT2D eigenvalue weighted by atomic mass is 9.77. The minimum absolute atomic E-state index is 0.00786. The standard InChI is InChI=1S/C28H32N8O/c1-28(2)17-32-26(37)21-5-4-18(14-23(21)28)20-7-9-30-25-22(20)16-31-27(34-25)33-19-6-8-29-24(15-19)36-12-10-35(3)11-13-36/h4-8,14-16H,9-13,17H2,1-3H3,(H,32,37)(H2,29,30,31,33,34). The van der Waals surface area contributed by atoms with E-state index in [0.29, 0.717) is 19.0 Å². The van der Waals surface area contributed by atoms with Crippen LogP contribution in [-0.2, 0) is 5.41 Å². The maximum Gasteiger partial charge on any atom is 0.251 e. The van der Waals surface area contributed by atoms with Crippen LogP contribution in [0.2, 0.25) is 0 Å². The molecule has 0 bridgehead atoms. The summed E-state index contributed by atoms with van der Waals surface area (Å²) in [7, 11) is 2.15. The van der Waals surface area contributed by atoms with Crippen LogP contribution in [0.1, 0.15) is 40.9 Å². The summed E-state index contributed by atoms with van der Waals surface area (Å²) >= 11 is 0. The predicted octanol–water partition coefficient (Wildman–Crippen LogP) is 3.25. The van der Waals surface area contributed by atoms with E-state index >= 15 is 0 Å². The highest BCUT2D eigenvalue weighted by molar-refractivity contribution is 5.98. The normalized spacial score (nSPS) is 18.7. The first-order valence-corrected chi connectivity index (χ1v) is 12.8. The third-order valence-electron chi connectivity index (χ3n) is 7.48. The second-order valence-corrected chi connectivity index (χ2v) is 10.6. The fourth-order valence-electron chi connectivity index (χ4n) is 5.20. The van der Waals surface area contributed by atoms with Gasteiger partial charge >= 0.3 is 0 Å². The second-order valence-electron chi connectivity index (χ2n) is 10.6. The van der Waals surface area contributed by atoms with Crippen molar-refractivity contribution < 1.29 is 4.79 Å². The number of pyridine rings is 1. The van der Waals surface area contributed by atoms with Crippen molar-refractivity contribution in [3.8, 4) is 0 Å². The lowest BCUT2D eigenvalue weighted by molar-refractivity contribution is 0.0930. The maximum atomic E-state index is 12.4. The van der Waals surface area contributed by atoms with E-state index in [4.69, 9.17) is 4.98 Å². The van der Waals surface area contributed by atoms with Gasteiger partial charge < -0.3 is 25.8 Å². The lowest BCUT2D eigenvalue weighted by Gasteiger charge is -2.33. The van der Waals surface area contributed by atoms with Crippen LogP contribution in [0.4, 0.5) is 23.3 Å². The third kappa shape index (κ3) is 4.51. The number of piperazine rings is 1. The molecule has 1 aromatic carbocycles. The van der Waals surface area contributed by atoms with E-state index in [-0.39, 0.29) is 11.3 Å². The Balaban J connectivity index is 1.25. The van der Waals surface area contributed by atoms with Crippen LogP contribution in [0.3, 0.4) is 0 Å². The van der Waals surface area contributed by atoms with Crippen LogP contribution in [0.5, 0.6) is 0 Å². The number of amides is 1. The molecular formula is C28H32N8O. The number of nitrogens with one attached hydrogen (secondary N) is 3. The molecule has 3 N–H and O–H groups in total. The number of benzene rings is 1. The molecule has 1 saturated heterocycles. The van der Waals surface area contributed by atoms with Crippen LogP contribution in [0.15, 0.2) is 48.8 Å². The molecule has 9 nitrogen and oxygen atoms in total. The molecule has 0 aliphatic carbocycles. The minimum Gasteiger partial charge on any atom is -0.366 e. The molecule has 0 atom stereocenters. The molecule has 3 aliphatic rings. The number of fused-ring (bicyclic) bond motifs is 2. The van der Waals surface area contributed by atoms with Crippen molar-refractivity contribution in [3.05, 3.63) is 71.1 Å². The smallest absolute Gasteiger partial charge is 0.251 e. The summed E-state index contributed by atoms with van der Waals surface area (Å²) in [6, 6.07) is 10.1. The zero-order valence-corrected chi connectivity index (χ0v) is 21.5. The van der Waals surface area contributed by atoms with Gasteiger partial charge in [0.1, 0.15) is 11.6 Å². The van der Waals surface area contributed by atoms with Crippen molar-refractivity contribution in [3.63, 3.8) is 0 Å². The number of carbonyl (C=O) groups excluding carboxylic acids is 1. The van der Waals surface area contributed by atoms with Gasteiger partial charge in [0.05, 0.1) is 0 Å². The molecule has 0 spiro atoms. The monoisotopic (exact) mass is 496 g/mol. The molecule has 6 rings (SSSR count). The van der Waals surface area contributed by atoms with Crippen molar-refractivity contribution in [2.45, 2.75) is 19.3 Å². The largest absolute Gasteiger partial charge is 0.366 e. The summed E-state index contributed by atoms with van der Waals surface area (Å²) in [5.74, 6) is 2.28. The molecule has 190 valence electrons. The van der Waals surface area contributed by atoms with Gasteiger partial charge in [-0.2, -0.15) is 4.98 Å². The van der Waals surface area contributed by atoms with Crippen LogP contribution >= 0.6 is 0 Å². The molecule has 1 amide bonds. The fourth-order valence-corrected chi connectivity index (χ4v) is 5.20. The SMILES string of the molecule is CN1CCN(c2cc(Nc3ncc4c(n3)NCC=C4c3ccc4c(c3)C(C)(C)CNC4=O)ccn2)CC1. The number of nitrogens with zero attached hydrogens (tertiary/aromatic N) is 5. The topological polar surface area (TPSA) is 98.3 Å². The van der Waals surface area contributed by atoms with Gasteiger partial charge in [0.2, 0.25) is 5.95 Å². The minimum atomic E-state index is -0.132. The molecule has 3 aromatic rings. The highest BCUT2D eigenvalue weighted by atomic mass is 16.1. The molecule has 0 radical (unpaired) electrons. The Hall–Kier alpha value is -3.98. The van der Waals surface area contributed by atoms with E-state index in [9.17, 15) is 4.79 Å². The Labute approximate surface area is 217 Å². The van der Waals surface area contributed by atoms with Crippen LogP contribution in [-0.4, -0.2) is 72.1 Å². The summed E-state index contributed by atoms with van der Waals surface area (Å²) in [5, 5.41) is 9.73. The van der Waals surface area contributed by atoms with E-state index in [1.54, 1.807) is 0 Å². The average molecular weight is 497 g/mol. The van der Waals surface area contributed by atoms with E-state index in [1.807, 2.05) is 30.6 Å². The molecule has 37 heavy (non-hydrogen) atoms. The summed E-state index contributed by atoms with van der Waals surface area (Å²) in [4.78, 5) is 31.0. The summed E-state index contributed by atoms with van der Waals surface area (Å²) < 4.78 is 0. The Bertz CT molecular complexity index is 1390. The zero-order valence-electron chi connectivity index (χ0n) is 21.5. The summed E-state index contributed by atoms with van der Waals surface area (Å²) in [5.41, 5.74) is 5.69. The third-order valence-corrected chi connectivity index (χ3v) is 7.48. The Morgan fingerprint density at radius 1 is 1.00 bits per heavy atom. The van der Waals surface area contributed by atoms with Crippen LogP contribution < -0.4 is 20.9 Å². The number of likely N-dealkylation sites (N-methyl/N-ethyl adjacent to an activating group) is 1. The molecule has 0 saturated carbocycles. The van der Waals surface area contributed by atoms with Crippen molar-refractivity contribution in [2.24, 2.45) is 0 Å². The number of aromatic nitrogens is 3. The number of hydrogen-bond donors (Lipinski definition) is 3. The number of anilines is 4. The first-order valence-electron chi connectivity index (χ1n) is 12.8. The van der Waals surface area contributed by atoms with Gasteiger partial charge in [-0.3, -0.25) is 4.79 Å². The Kier molecular flexibility index (Phi) is 5.79. The van der Waals surface area contributed by atoms with Crippen molar-refractivity contribution in [1.82, 2.24) is 25.2 Å². The van der Waals surface area contributed by atoms with E-state index in [0.717, 1.165) is 71.3 Å². The number of carbonyl (C=O) groups is 1. The molecule has 5 heterocycles. The first-order chi connectivity index (χ1) is 17.9. The van der Waals surface area contributed by atoms with E-state index < -0.39 is 0 Å². The van der Waals surface area contributed by atoms with E-state index in [2.05, 4.69) is 74.8 Å². The highest BCUT2D eigenvalue weighted by Gasteiger charge is 2.32. The van der Waals surface area contributed by atoms with Crippen molar-refractivity contribution >= 4 is 34.8 Å². The van der Waals surface area contributed by atoms with Crippen molar-refractivity contribution in [1.29, 1.82) is 0 Å². The molecule has 2 aromatic heterocycles.